The van der Waals surface area contributed by atoms with Crippen LogP contribution in [0.4, 0.5) is 10.6 Å². The molecule has 3 aromatic carbocycles. The van der Waals surface area contributed by atoms with E-state index in [1.54, 1.807) is 52.3 Å². The average molecular weight is 789 g/mol. The van der Waals surface area contributed by atoms with Crippen molar-refractivity contribution in [2.75, 3.05) is 67.3 Å². The lowest BCUT2D eigenvalue weighted by atomic mass is 10.1. The van der Waals surface area contributed by atoms with E-state index >= 15 is 0 Å². The largest absolute Gasteiger partial charge is 0.497 e. The number of ether oxygens (including phenoxy) is 8. The number of fused-ring (bicyclic) bond motifs is 1. The van der Waals surface area contributed by atoms with Gasteiger partial charge in [0.2, 0.25) is 0 Å². The van der Waals surface area contributed by atoms with Crippen molar-refractivity contribution < 1.29 is 47.8 Å². The molecule has 16 nitrogen and oxygen atoms in total. The number of hydrogen-bond donors (Lipinski definition) is 2. The molecule has 0 aliphatic rings. The van der Waals surface area contributed by atoms with Gasteiger partial charge in [-0.1, -0.05) is 19.4 Å². The van der Waals surface area contributed by atoms with Crippen LogP contribution in [0.25, 0.3) is 5.65 Å². The van der Waals surface area contributed by atoms with Gasteiger partial charge in [-0.3, -0.25) is 0 Å². The lowest BCUT2D eigenvalue weighted by Gasteiger charge is -2.27. The summed E-state index contributed by atoms with van der Waals surface area (Å²) in [5.41, 5.74) is 3.83. The van der Waals surface area contributed by atoms with Gasteiger partial charge >= 0.3 is 12.1 Å². The topological polar surface area (TPSA) is 169 Å². The maximum atomic E-state index is 11.4. The van der Waals surface area contributed by atoms with Crippen LogP contribution in [-0.2, 0) is 24.2 Å². The van der Waals surface area contributed by atoms with Crippen molar-refractivity contribution in [1.82, 2.24) is 24.9 Å². The number of imidazole rings is 1. The smallest absolute Gasteiger partial charge is 0.406 e. The Morgan fingerprint density at radius 2 is 1.40 bits per heavy atom. The maximum absolute atomic E-state index is 11.4. The van der Waals surface area contributed by atoms with Crippen LogP contribution in [0, 0.1) is 0 Å². The summed E-state index contributed by atoms with van der Waals surface area (Å²) in [5, 5.41) is 17.3. The highest BCUT2D eigenvalue weighted by molar-refractivity contribution is 5.67. The van der Waals surface area contributed by atoms with E-state index in [0.717, 1.165) is 28.8 Å². The zero-order valence-corrected chi connectivity index (χ0v) is 33.6. The number of carbonyl (C=O) groups is 1. The number of benzene rings is 3. The molecule has 2 aromatic heterocycles. The molecule has 1 amide bonds. The third kappa shape index (κ3) is 10.8. The molecule has 16 heteroatoms. The number of methoxy groups -OCH3 is 6. The molecule has 0 aliphatic heterocycles. The standard InChI is InChI=1S/C41H52N6O10/c1-8-9-31(16-18-48)57-40-44-39(46(25-28-11-13-32(50-2)21-36(28)53-5)26-29-12-14-33(51-3)22-37(29)54-6)38-43-24-30(47(38)45-40)20-27-10-15-34(23-35(27)52-4)56-19-17-42-41(49)55-7/h10-15,21-24,31,48H,8-9,16-20,25-26H2,1-7H3,(H,42,49). The van der Waals surface area contributed by atoms with Gasteiger partial charge < -0.3 is 53.2 Å². The molecule has 0 saturated carbocycles. The zero-order valence-electron chi connectivity index (χ0n) is 33.6. The summed E-state index contributed by atoms with van der Waals surface area (Å²) in [5.74, 6) is 4.26. The highest BCUT2D eigenvalue weighted by Crippen LogP contribution is 2.34. The quantitative estimate of drug-likeness (QED) is 0.0828. The minimum atomic E-state index is -0.529. The van der Waals surface area contributed by atoms with Crippen molar-refractivity contribution in [3.63, 3.8) is 0 Å². The summed E-state index contributed by atoms with van der Waals surface area (Å²) >= 11 is 0. The average Bonchev–Trinajstić information content (AvgIpc) is 3.64. The van der Waals surface area contributed by atoms with Crippen LogP contribution in [0.2, 0.25) is 0 Å². The number of aliphatic hydroxyl groups excluding tert-OH is 1. The second kappa shape index (κ2) is 20.7. The Bertz CT molecular complexity index is 2010. The molecule has 2 N–H and O–H groups in total. The molecule has 2 heterocycles. The summed E-state index contributed by atoms with van der Waals surface area (Å²) in [6.45, 7) is 3.22. The molecule has 0 aliphatic carbocycles. The number of nitrogens with one attached hydrogen (secondary N) is 1. The van der Waals surface area contributed by atoms with Gasteiger partial charge in [0.1, 0.15) is 47.2 Å². The first kappa shape index (κ1) is 42.0. The Balaban J connectivity index is 1.60. The molecule has 0 spiro atoms. The normalized spacial score (nSPS) is 11.4. The fraction of sp³-hybridized carbons (Fsp3) is 0.415. The van der Waals surface area contributed by atoms with E-state index in [1.807, 2.05) is 48.5 Å². The van der Waals surface area contributed by atoms with E-state index in [-0.39, 0.29) is 31.9 Å². The molecule has 0 saturated heterocycles. The van der Waals surface area contributed by atoms with Crippen molar-refractivity contribution in [1.29, 1.82) is 0 Å². The Labute approximate surface area is 332 Å². The van der Waals surface area contributed by atoms with Crippen LogP contribution in [0.3, 0.4) is 0 Å². The third-order valence-electron chi connectivity index (χ3n) is 9.20. The second-order valence-corrected chi connectivity index (χ2v) is 12.9. The number of nitrogens with zero attached hydrogens (tertiary/aromatic N) is 5. The first-order chi connectivity index (χ1) is 27.8. The van der Waals surface area contributed by atoms with Crippen molar-refractivity contribution in [2.24, 2.45) is 0 Å². The number of alkyl carbamates (subject to hydrolysis) is 1. The summed E-state index contributed by atoms with van der Waals surface area (Å²) in [6.07, 6.45) is 3.27. The zero-order chi connectivity index (χ0) is 40.7. The van der Waals surface area contributed by atoms with Crippen molar-refractivity contribution >= 4 is 17.6 Å². The molecule has 0 radical (unpaired) electrons. The van der Waals surface area contributed by atoms with E-state index in [4.69, 9.17) is 48.2 Å². The van der Waals surface area contributed by atoms with Crippen LogP contribution in [0.1, 0.15) is 48.6 Å². The number of amides is 1. The van der Waals surface area contributed by atoms with Gasteiger partial charge in [-0.2, -0.15) is 4.98 Å². The Hall–Kier alpha value is -6.16. The predicted molar refractivity (Wildman–Crippen MR) is 212 cm³/mol. The summed E-state index contributed by atoms with van der Waals surface area (Å²) < 4.78 is 47.0. The van der Waals surface area contributed by atoms with E-state index in [9.17, 15) is 9.90 Å². The Morgan fingerprint density at radius 1 is 0.807 bits per heavy atom. The van der Waals surface area contributed by atoms with Gasteiger partial charge in [0.25, 0.3) is 0 Å². The Kier molecular flexibility index (Phi) is 15.2. The number of aromatic nitrogens is 4. The van der Waals surface area contributed by atoms with Gasteiger partial charge in [-0.15, -0.1) is 5.10 Å². The monoisotopic (exact) mass is 788 g/mol. The van der Waals surface area contributed by atoms with Crippen molar-refractivity contribution in [3.05, 3.63) is 83.2 Å². The number of carbonyl (C=O) groups excluding carboxylic acids is 1. The minimum Gasteiger partial charge on any atom is -0.497 e. The summed E-state index contributed by atoms with van der Waals surface area (Å²) in [6, 6.07) is 17.0. The van der Waals surface area contributed by atoms with Crippen molar-refractivity contribution in [2.45, 2.75) is 51.8 Å². The van der Waals surface area contributed by atoms with Crippen LogP contribution in [0.15, 0.2) is 60.8 Å². The van der Waals surface area contributed by atoms with Gasteiger partial charge in [0.05, 0.1) is 61.1 Å². The molecule has 0 fully saturated rings. The van der Waals surface area contributed by atoms with Gasteiger partial charge in [-0.05, 0) is 36.8 Å². The molecule has 1 atom stereocenters. The van der Waals surface area contributed by atoms with Gasteiger partial charge in [0.15, 0.2) is 11.5 Å². The number of anilines is 1. The summed E-state index contributed by atoms with van der Waals surface area (Å²) in [7, 11) is 9.36. The Morgan fingerprint density at radius 3 is 1.98 bits per heavy atom. The molecular weight excluding hydrogens is 736 g/mol. The first-order valence-electron chi connectivity index (χ1n) is 18.6. The van der Waals surface area contributed by atoms with E-state index in [1.165, 1.54) is 7.11 Å². The molecule has 0 bridgehead atoms. The second-order valence-electron chi connectivity index (χ2n) is 12.9. The number of rotatable bonds is 22. The third-order valence-corrected chi connectivity index (χ3v) is 9.20. The molecule has 57 heavy (non-hydrogen) atoms. The number of aliphatic hydroxyl groups is 1. The predicted octanol–water partition coefficient (Wildman–Crippen LogP) is 5.63. The van der Waals surface area contributed by atoms with E-state index in [2.05, 4.69) is 21.9 Å². The number of hydrogen-bond acceptors (Lipinski definition) is 14. The van der Waals surface area contributed by atoms with Crippen LogP contribution >= 0.6 is 0 Å². The fourth-order valence-electron chi connectivity index (χ4n) is 6.29. The summed E-state index contributed by atoms with van der Waals surface area (Å²) in [4.78, 5) is 23.4. The molecule has 5 rings (SSSR count). The first-order valence-corrected chi connectivity index (χ1v) is 18.6. The van der Waals surface area contributed by atoms with Crippen LogP contribution in [-0.4, -0.2) is 99.3 Å². The molecule has 1 unspecified atom stereocenters. The van der Waals surface area contributed by atoms with E-state index < -0.39 is 6.09 Å². The molecule has 306 valence electrons. The lowest BCUT2D eigenvalue weighted by Crippen LogP contribution is -2.27. The fourth-order valence-corrected chi connectivity index (χ4v) is 6.29. The highest BCUT2D eigenvalue weighted by atomic mass is 16.5. The van der Waals surface area contributed by atoms with Gasteiger partial charge in [-0.25, -0.2) is 14.3 Å². The highest BCUT2D eigenvalue weighted by Gasteiger charge is 2.24. The van der Waals surface area contributed by atoms with Crippen molar-refractivity contribution in [3.8, 4) is 40.5 Å². The molecule has 5 aromatic rings. The molecular formula is C41H52N6O10. The SMILES string of the molecule is CCCC(CCO)Oc1nc(N(Cc2ccc(OC)cc2OC)Cc2ccc(OC)cc2OC)c2ncc(Cc3ccc(OCCNC(=O)OC)cc3OC)n2n1. The lowest BCUT2D eigenvalue weighted by molar-refractivity contribution is 0.133. The minimum absolute atomic E-state index is 0.0436. The van der Waals surface area contributed by atoms with E-state index in [0.29, 0.717) is 78.3 Å². The van der Waals surface area contributed by atoms with Crippen LogP contribution in [0.5, 0.6) is 40.5 Å². The maximum Gasteiger partial charge on any atom is 0.406 e. The van der Waals surface area contributed by atoms with Gasteiger partial charge in [0, 0.05) is 67.4 Å². The van der Waals surface area contributed by atoms with Crippen LogP contribution < -0.4 is 43.4 Å².